The molecule has 2 aromatic heterocycles. The highest BCUT2D eigenvalue weighted by molar-refractivity contribution is 5.87. The van der Waals surface area contributed by atoms with Crippen molar-refractivity contribution in [3.8, 4) is 0 Å². The number of hydrogen-bond acceptors (Lipinski definition) is 4. The van der Waals surface area contributed by atoms with Crippen LogP contribution in [-0.4, -0.2) is 42.2 Å². The van der Waals surface area contributed by atoms with Crippen LogP contribution in [0.15, 0.2) is 12.4 Å². The van der Waals surface area contributed by atoms with Gasteiger partial charge < -0.3 is 15.4 Å². The predicted molar refractivity (Wildman–Crippen MR) is 83.7 cm³/mol. The number of rotatable bonds is 1. The lowest BCUT2D eigenvalue weighted by atomic mass is 9.98. The second kappa shape index (κ2) is 4.86. The largest absolute Gasteiger partial charge is 0.465 e. The molecule has 0 radical (unpaired) electrons. The average molecular weight is 303 g/mol. The summed E-state index contributed by atoms with van der Waals surface area (Å²) in [6.07, 6.45) is 2.17. The Morgan fingerprint density at radius 2 is 2.18 bits per heavy atom. The molecule has 0 saturated carbocycles. The molecule has 1 aliphatic rings. The van der Waals surface area contributed by atoms with Crippen LogP contribution in [0, 0.1) is 0 Å². The number of amides is 1. The topological polar surface area (TPSA) is 97.3 Å². The van der Waals surface area contributed by atoms with Crippen molar-refractivity contribution in [2.45, 2.75) is 51.7 Å². The molecule has 1 amide bonds. The minimum absolute atomic E-state index is 0.0724. The molecule has 0 aliphatic carbocycles. The zero-order chi connectivity index (χ0) is 16.1. The second-order valence-electron chi connectivity index (χ2n) is 6.76. The summed E-state index contributed by atoms with van der Waals surface area (Å²) in [5, 5.41) is 10.4. The van der Waals surface area contributed by atoms with E-state index in [1.807, 2.05) is 26.8 Å². The van der Waals surface area contributed by atoms with Crippen molar-refractivity contribution >= 4 is 22.9 Å². The SMILES string of the molecule is CC(C)(C)N(C(=O)O)[C@H]1CCc2cc3c(N)ncnc3n2C1. The third kappa shape index (κ3) is 2.26. The summed E-state index contributed by atoms with van der Waals surface area (Å²) in [7, 11) is 0. The van der Waals surface area contributed by atoms with E-state index in [2.05, 4.69) is 14.5 Å². The summed E-state index contributed by atoms with van der Waals surface area (Å²) in [6.45, 7) is 6.36. The van der Waals surface area contributed by atoms with Gasteiger partial charge in [0.2, 0.25) is 0 Å². The summed E-state index contributed by atoms with van der Waals surface area (Å²) < 4.78 is 2.07. The predicted octanol–water partition coefficient (Wildman–Crippen LogP) is 2.11. The van der Waals surface area contributed by atoms with Gasteiger partial charge in [-0.15, -0.1) is 0 Å². The summed E-state index contributed by atoms with van der Waals surface area (Å²) in [6, 6.07) is 1.94. The number of hydrogen-bond donors (Lipinski definition) is 2. The number of anilines is 1. The number of nitrogens with two attached hydrogens (primary N) is 1. The quantitative estimate of drug-likeness (QED) is 0.841. The Hall–Kier alpha value is -2.31. The van der Waals surface area contributed by atoms with Gasteiger partial charge in [-0.1, -0.05) is 0 Å². The third-order valence-electron chi connectivity index (χ3n) is 4.23. The van der Waals surface area contributed by atoms with E-state index in [9.17, 15) is 9.90 Å². The molecule has 7 heteroatoms. The summed E-state index contributed by atoms with van der Waals surface area (Å²) >= 11 is 0. The number of nitrogen functional groups attached to an aromatic ring is 1. The van der Waals surface area contributed by atoms with Gasteiger partial charge in [-0.3, -0.25) is 4.90 Å². The van der Waals surface area contributed by atoms with Crippen LogP contribution in [0.25, 0.3) is 11.0 Å². The lowest BCUT2D eigenvalue weighted by molar-refractivity contribution is 0.0575. The van der Waals surface area contributed by atoms with Crippen molar-refractivity contribution in [3.05, 3.63) is 18.1 Å². The van der Waals surface area contributed by atoms with E-state index in [0.29, 0.717) is 12.4 Å². The molecule has 0 unspecified atom stereocenters. The summed E-state index contributed by atoms with van der Waals surface area (Å²) in [5.74, 6) is 0.467. The molecule has 118 valence electrons. The lowest BCUT2D eigenvalue weighted by Crippen LogP contribution is -2.53. The first-order valence-electron chi connectivity index (χ1n) is 7.40. The molecule has 1 aliphatic heterocycles. The van der Waals surface area contributed by atoms with Gasteiger partial charge in [-0.2, -0.15) is 0 Å². The van der Waals surface area contributed by atoms with E-state index in [1.54, 1.807) is 4.90 Å². The first-order valence-corrected chi connectivity index (χ1v) is 7.40. The molecule has 3 N–H and O–H groups in total. The van der Waals surface area contributed by atoms with E-state index in [-0.39, 0.29) is 6.04 Å². The highest BCUT2D eigenvalue weighted by atomic mass is 16.4. The number of carboxylic acid groups (broad SMARTS) is 1. The average Bonchev–Trinajstić information content (AvgIpc) is 2.76. The van der Waals surface area contributed by atoms with E-state index in [4.69, 9.17) is 5.73 Å². The van der Waals surface area contributed by atoms with Crippen molar-refractivity contribution in [3.63, 3.8) is 0 Å². The highest BCUT2D eigenvalue weighted by Crippen LogP contribution is 2.30. The molecule has 1 atom stereocenters. The maximum atomic E-state index is 11.7. The van der Waals surface area contributed by atoms with Crippen LogP contribution in [0.2, 0.25) is 0 Å². The van der Waals surface area contributed by atoms with Crippen molar-refractivity contribution in [2.24, 2.45) is 0 Å². The van der Waals surface area contributed by atoms with Gasteiger partial charge >= 0.3 is 6.09 Å². The number of carbonyl (C=O) groups is 1. The van der Waals surface area contributed by atoms with E-state index >= 15 is 0 Å². The fourth-order valence-electron chi connectivity index (χ4n) is 3.36. The van der Waals surface area contributed by atoms with Crippen LogP contribution >= 0.6 is 0 Å². The molecule has 0 saturated heterocycles. The summed E-state index contributed by atoms with van der Waals surface area (Å²) in [4.78, 5) is 21.6. The van der Waals surface area contributed by atoms with Gasteiger partial charge in [-0.25, -0.2) is 14.8 Å². The van der Waals surface area contributed by atoms with E-state index in [1.165, 1.54) is 6.33 Å². The third-order valence-corrected chi connectivity index (χ3v) is 4.23. The van der Waals surface area contributed by atoms with Crippen LogP contribution < -0.4 is 5.73 Å². The van der Waals surface area contributed by atoms with Crippen molar-refractivity contribution in [1.82, 2.24) is 19.4 Å². The normalized spacial score (nSPS) is 18.2. The van der Waals surface area contributed by atoms with Crippen LogP contribution in [0.3, 0.4) is 0 Å². The number of aryl methyl sites for hydroxylation is 1. The zero-order valence-corrected chi connectivity index (χ0v) is 13.1. The Balaban J connectivity index is 2.01. The Bertz CT molecular complexity index is 731. The maximum Gasteiger partial charge on any atom is 0.408 e. The molecule has 3 rings (SSSR count). The zero-order valence-electron chi connectivity index (χ0n) is 13.1. The second-order valence-corrected chi connectivity index (χ2v) is 6.76. The number of fused-ring (bicyclic) bond motifs is 3. The molecule has 0 spiro atoms. The summed E-state index contributed by atoms with van der Waals surface area (Å²) in [5.41, 5.74) is 7.39. The molecular formula is C15H21N5O2. The minimum atomic E-state index is -0.883. The van der Waals surface area contributed by atoms with E-state index in [0.717, 1.165) is 29.6 Å². The Morgan fingerprint density at radius 1 is 1.45 bits per heavy atom. The van der Waals surface area contributed by atoms with Crippen molar-refractivity contribution in [2.75, 3.05) is 5.73 Å². The molecule has 7 nitrogen and oxygen atoms in total. The van der Waals surface area contributed by atoms with Gasteiger partial charge in [0.05, 0.1) is 11.4 Å². The van der Waals surface area contributed by atoms with Gasteiger partial charge in [0.1, 0.15) is 17.8 Å². The van der Waals surface area contributed by atoms with Gasteiger partial charge in [0.25, 0.3) is 0 Å². The van der Waals surface area contributed by atoms with Gasteiger partial charge in [-0.05, 0) is 39.7 Å². The Labute approximate surface area is 128 Å². The van der Waals surface area contributed by atoms with Crippen LogP contribution in [0.4, 0.5) is 10.6 Å². The molecule has 2 aromatic rings. The van der Waals surface area contributed by atoms with Gasteiger partial charge in [0.15, 0.2) is 0 Å². The lowest BCUT2D eigenvalue weighted by Gasteiger charge is -2.41. The van der Waals surface area contributed by atoms with Crippen molar-refractivity contribution < 1.29 is 9.90 Å². The molecule has 3 heterocycles. The minimum Gasteiger partial charge on any atom is -0.465 e. The van der Waals surface area contributed by atoms with Crippen LogP contribution in [0.1, 0.15) is 32.9 Å². The van der Waals surface area contributed by atoms with Crippen LogP contribution in [0.5, 0.6) is 0 Å². The first kappa shape index (κ1) is 14.6. The molecular weight excluding hydrogens is 282 g/mol. The molecule has 22 heavy (non-hydrogen) atoms. The fraction of sp³-hybridized carbons (Fsp3) is 0.533. The van der Waals surface area contributed by atoms with Gasteiger partial charge in [0, 0.05) is 17.8 Å². The number of aromatic nitrogens is 3. The highest BCUT2D eigenvalue weighted by Gasteiger charge is 2.35. The number of nitrogens with zero attached hydrogens (tertiary/aromatic N) is 4. The maximum absolute atomic E-state index is 11.7. The van der Waals surface area contributed by atoms with E-state index < -0.39 is 11.6 Å². The first-order chi connectivity index (χ1) is 10.3. The smallest absolute Gasteiger partial charge is 0.408 e. The molecule has 0 aromatic carbocycles. The Kier molecular flexibility index (Phi) is 3.23. The fourth-order valence-corrected chi connectivity index (χ4v) is 3.36. The standard InChI is InChI=1S/C15H21N5O2/c1-15(2,3)20(14(21)22)10-5-4-9-6-11-12(16)17-8-18-13(11)19(9)7-10/h6,8,10H,4-5,7H2,1-3H3,(H,21,22)(H2,16,17,18)/t10-/m0/s1. The Morgan fingerprint density at radius 3 is 2.82 bits per heavy atom. The van der Waals surface area contributed by atoms with Crippen LogP contribution in [-0.2, 0) is 13.0 Å². The molecule has 0 bridgehead atoms. The molecule has 0 fully saturated rings. The monoisotopic (exact) mass is 303 g/mol. The van der Waals surface area contributed by atoms with Crippen molar-refractivity contribution in [1.29, 1.82) is 0 Å².